The predicted molar refractivity (Wildman–Crippen MR) is 76.4 cm³/mol. The van der Waals surface area contributed by atoms with E-state index in [1.54, 1.807) is 6.20 Å². The van der Waals surface area contributed by atoms with Gasteiger partial charge in [0.2, 0.25) is 0 Å². The molecule has 0 aliphatic rings. The molecule has 2 aromatic rings. The molecule has 3 nitrogen and oxygen atoms in total. The van der Waals surface area contributed by atoms with E-state index in [0.717, 1.165) is 12.2 Å². The Morgan fingerprint density at radius 1 is 1.28 bits per heavy atom. The highest BCUT2D eigenvalue weighted by atomic mass is 32.1. The minimum atomic E-state index is 0.199. The normalized spacial score (nSPS) is 11.5. The summed E-state index contributed by atoms with van der Waals surface area (Å²) in [6.07, 6.45) is 2.71. The summed E-state index contributed by atoms with van der Waals surface area (Å²) in [5, 5.41) is 1.24. The molecule has 0 bridgehead atoms. The third-order valence-electron chi connectivity index (χ3n) is 3.23. The number of nitrogen functional groups attached to an aromatic ring is 1. The Bertz CT molecular complexity index is 517. The molecule has 1 heterocycles. The molecule has 96 valence electrons. The van der Waals surface area contributed by atoms with E-state index in [1.807, 2.05) is 12.1 Å². The smallest absolute Gasteiger partial charge is 0.280 e. The summed E-state index contributed by atoms with van der Waals surface area (Å²) in [7, 11) is 0. The number of hydrogen-bond acceptors (Lipinski definition) is 4. The van der Waals surface area contributed by atoms with E-state index in [-0.39, 0.29) is 5.41 Å². The lowest BCUT2D eigenvalue weighted by Crippen LogP contribution is -2.14. The summed E-state index contributed by atoms with van der Waals surface area (Å²) in [6.45, 7) is 6.68. The summed E-state index contributed by atoms with van der Waals surface area (Å²) < 4.78 is 5.63. The summed E-state index contributed by atoms with van der Waals surface area (Å²) in [6, 6.07) is 8.17. The largest absolute Gasteiger partial charge is 0.431 e. The van der Waals surface area contributed by atoms with Gasteiger partial charge in [-0.25, -0.2) is 4.98 Å². The fourth-order valence-corrected chi connectivity index (χ4v) is 2.15. The van der Waals surface area contributed by atoms with Crippen LogP contribution in [0.1, 0.15) is 32.8 Å². The van der Waals surface area contributed by atoms with Gasteiger partial charge in [0, 0.05) is 0 Å². The van der Waals surface area contributed by atoms with E-state index in [2.05, 4.69) is 37.9 Å². The van der Waals surface area contributed by atoms with Gasteiger partial charge < -0.3 is 10.5 Å². The van der Waals surface area contributed by atoms with E-state index >= 15 is 0 Å². The molecule has 1 aromatic heterocycles. The first-order valence-corrected chi connectivity index (χ1v) is 6.82. The number of rotatable bonds is 4. The van der Waals surface area contributed by atoms with Gasteiger partial charge in [0.15, 0.2) is 0 Å². The van der Waals surface area contributed by atoms with Crippen molar-refractivity contribution in [3.8, 4) is 10.9 Å². The van der Waals surface area contributed by atoms with Crippen molar-refractivity contribution in [2.75, 3.05) is 5.73 Å². The van der Waals surface area contributed by atoms with Crippen LogP contribution in [0.15, 0.2) is 30.5 Å². The maximum absolute atomic E-state index is 5.63. The molecule has 0 fully saturated rings. The van der Waals surface area contributed by atoms with Crippen molar-refractivity contribution in [1.29, 1.82) is 0 Å². The third-order valence-corrected chi connectivity index (χ3v) is 3.93. The van der Waals surface area contributed by atoms with Crippen molar-refractivity contribution >= 4 is 16.3 Å². The Balaban J connectivity index is 2.13. The molecule has 0 aliphatic heterocycles. The van der Waals surface area contributed by atoms with Crippen LogP contribution in [0.4, 0.5) is 5.00 Å². The highest BCUT2D eigenvalue weighted by Crippen LogP contribution is 2.31. The van der Waals surface area contributed by atoms with E-state index in [0.29, 0.717) is 10.2 Å². The zero-order valence-electron chi connectivity index (χ0n) is 10.9. The van der Waals surface area contributed by atoms with Gasteiger partial charge in [-0.05, 0) is 29.5 Å². The van der Waals surface area contributed by atoms with Crippen molar-refractivity contribution in [2.24, 2.45) is 0 Å². The first-order chi connectivity index (χ1) is 8.51. The molecule has 18 heavy (non-hydrogen) atoms. The minimum Gasteiger partial charge on any atom is -0.431 e. The molecule has 0 spiro atoms. The van der Waals surface area contributed by atoms with Crippen LogP contribution in [0.3, 0.4) is 0 Å². The first kappa shape index (κ1) is 12.9. The number of thiazole rings is 1. The number of nitrogens with zero attached hydrogens (tertiary/aromatic N) is 1. The number of anilines is 1. The van der Waals surface area contributed by atoms with E-state index in [9.17, 15) is 0 Å². The SMILES string of the molecule is CCC(C)(C)c1ccc(Oc2ncc(N)s2)cc1. The van der Waals surface area contributed by atoms with Gasteiger partial charge in [-0.2, -0.15) is 0 Å². The molecule has 0 atom stereocenters. The lowest BCUT2D eigenvalue weighted by molar-refractivity contribution is 0.475. The van der Waals surface area contributed by atoms with Crippen LogP contribution in [0, 0.1) is 0 Å². The molecule has 0 aliphatic carbocycles. The Kier molecular flexibility index (Phi) is 3.57. The highest BCUT2D eigenvalue weighted by molar-refractivity contribution is 7.17. The maximum atomic E-state index is 5.63. The molecule has 1 aromatic carbocycles. The number of aromatic nitrogens is 1. The fourth-order valence-electron chi connectivity index (χ4n) is 1.60. The van der Waals surface area contributed by atoms with E-state index < -0.39 is 0 Å². The minimum absolute atomic E-state index is 0.199. The van der Waals surface area contributed by atoms with Crippen LogP contribution >= 0.6 is 11.3 Å². The monoisotopic (exact) mass is 262 g/mol. The quantitative estimate of drug-likeness (QED) is 0.898. The Labute approximate surface area is 112 Å². The van der Waals surface area contributed by atoms with Crippen LogP contribution in [0.2, 0.25) is 0 Å². The van der Waals surface area contributed by atoms with Gasteiger partial charge in [-0.3, -0.25) is 0 Å². The lowest BCUT2D eigenvalue weighted by Gasteiger charge is -2.23. The fraction of sp³-hybridized carbons (Fsp3) is 0.357. The molecular formula is C14H18N2OS. The van der Waals surface area contributed by atoms with Gasteiger partial charge in [-0.15, -0.1) is 0 Å². The molecule has 0 unspecified atom stereocenters. The molecule has 0 amide bonds. The van der Waals surface area contributed by atoms with Crippen molar-refractivity contribution in [2.45, 2.75) is 32.6 Å². The third kappa shape index (κ3) is 2.82. The van der Waals surface area contributed by atoms with Gasteiger partial charge >= 0.3 is 0 Å². The summed E-state index contributed by atoms with van der Waals surface area (Å²) in [4.78, 5) is 4.07. The van der Waals surface area contributed by atoms with Crippen molar-refractivity contribution in [3.05, 3.63) is 36.0 Å². The van der Waals surface area contributed by atoms with E-state index in [4.69, 9.17) is 10.5 Å². The number of nitrogens with two attached hydrogens (primary N) is 1. The van der Waals surface area contributed by atoms with Crippen molar-refractivity contribution < 1.29 is 4.74 Å². The zero-order valence-corrected chi connectivity index (χ0v) is 11.8. The van der Waals surface area contributed by atoms with E-state index in [1.165, 1.54) is 16.9 Å². The Hall–Kier alpha value is -1.55. The number of benzene rings is 1. The topological polar surface area (TPSA) is 48.1 Å². The van der Waals surface area contributed by atoms with Crippen LogP contribution in [0.5, 0.6) is 10.9 Å². The second kappa shape index (κ2) is 4.98. The second-order valence-corrected chi connectivity index (χ2v) is 5.92. The molecule has 0 saturated carbocycles. The average Bonchev–Trinajstić information content (AvgIpc) is 2.75. The van der Waals surface area contributed by atoms with Gasteiger partial charge in [0.1, 0.15) is 10.8 Å². The van der Waals surface area contributed by atoms with Crippen molar-refractivity contribution in [3.63, 3.8) is 0 Å². The van der Waals surface area contributed by atoms with Crippen LogP contribution in [-0.4, -0.2) is 4.98 Å². The Morgan fingerprint density at radius 2 is 1.94 bits per heavy atom. The second-order valence-electron chi connectivity index (χ2n) is 4.89. The molecule has 0 radical (unpaired) electrons. The molecule has 0 saturated heterocycles. The lowest BCUT2D eigenvalue weighted by atomic mass is 9.82. The highest BCUT2D eigenvalue weighted by Gasteiger charge is 2.17. The molecular weight excluding hydrogens is 244 g/mol. The predicted octanol–water partition coefficient (Wildman–Crippen LogP) is 4.21. The van der Waals surface area contributed by atoms with Crippen LogP contribution in [-0.2, 0) is 5.41 Å². The maximum Gasteiger partial charge on any atom is 0.280 e. The standard InChI is InChI=1S/C14H18N2OS/c1-4-14(2,3)10-5-7-11(8-6-10)17-13-16-9-12(15)18-13/h5-9H,4,15H2,1-3H3. The average molecular weight is 262 g/mol. The van der Waals surface area contributed by atoms with Crippen molar-refractivity contribution in [1.82, 2.24) is 4.98 Å². The summed E-state index contributed by atoms with van der Waals surface area (Å²) >= 11 is 1.34. The zero-order chi connectivity index (χ0) is 13.2. The first-order valence-electron chi connectivity index (χ1n) is 6.01. The summed E-state index contributed by atoms with van der Waals surface area (Å²) in [5.74, 6) is 0.792. The Morgan fingerprint density at radius 3 is 2.44 bits per heavy atom. The molecule has 4 heteroatoms. The summed E-state index contributed by atoms with van der Waals surface area (Å²) in [5.41, 5.74) is 7.12. The molecule has 2 N–H and O–H groups in total. The van der Waals surface area contributed by atoms with Crippen LogP contribution < -0.4 is 10.5 Å². The number of ether oxygens (including phenoxy) is 1. The number of hydrogen-bond donors (Lipinski definition) is 1. The van der Waals surface area contributed by atoms with Gasteiger partial charge in [0.25, 0.3) is 5.19 Å². The van der Waals surface area contributed by atoms with Gasteiger partial charge in [0.05, 0.1) is 6.20 Å². The van der Waals surface area contributed by atoms with Crippen LogP contribution in [0.25, 0.3) is 0 Å². The van der Waals surface area contributed by atoms with Gasteiger partial charge in [-0.1, -0.05) is 44.2 Å². The molecule has 2 rings (SSSR count).